The third-order valence-electron chi connectivity index (χ3n) is 3.03. The molecular weight excluding hydrogens is 356 g/mol. The van der Waals surface area contributed by atoms with E-state index in [0.29, 0.717) is 0 Å². The van der Waals surface area contributed by atoms with Gasteiger partial charge in [-0.15, -0.1) is 0 Å². The van der Waals surface area contributed by atoms with Crippen LogP contribution < -0.4 is 0 Å². The molecular formula is C15H14Br2O. The molecule has 18 heavy (non-hydrogen) atoms. The number of carbonyl (C=O) groups excluding carboxylic acids is 1. The molecule has 1 aliphatic rings. The van der Waals surface area contributed by atoms with Crippen LogP contribution in [0, 0.1) is 0 Å². The highest BCUT2D eigenvalue weighted by molar-refractivity contribution is 9.10. The van der Waals surface area contributed by atoms with Gasteiger partial charge < -0.3 is 0 Å². The summed E-state index contributed by atoms with van der Waals surface area (Å²) in [7, 11) is 0. The summed E-state index contributed by atoms with van der Waals surface area (Å²) in [6.45, 7) is 0. The molecule has 1 unspecified atom stereocenters. The molecule has 0 fully saturated rings. The number of carbonyl (C=O) groups is 1. The van der Waals surface area contributed by atoms with Crippen LogP contribution in [0.25, 0.3) is 0 Å². The van der Waals surface area contributed by atoms with Crippen LogP contribution in [0.2, 0.25) is 0 Å². The largest absolute Gasteiger partial charge is 0.289 e. The molecule has 0 saturated carbocycles. The predicted octanol–water partition coefficient (Wildman–Crippen LogP) is 4.67. The van der Waals surface area contributed by atoms with Gasteiger partial charge in [0.2, 0.25) is 0 Å². The van der Waals surface area contributed by atoms with Gasteiger partial charge in [0.05, 0.1) is 0 Å². The third kappa shape index (κ3) is 3.21. The van der Waals surface area contributed by atoms with E-state index in [-0.39, 0.29) is 10.1 Å². The molecule has 1 aromatic carbocycles. The van der Waals surface area contributed by atoms with Crippen molar-refractivity contribution in [3.8, 4) is 0 Å². The summed E-state index contributed by atoms with van der Waals surface area (Å²) in [5, 5.41) is 0.943. The van der Waals surface area contributed by atoms with Crippen LogP contribution in [0.15, 0.2) is 54.1 Å². The van der Waals surface area contributed by atoms with Crippen molar-refractivity contribution < 1.29 is 4.79 Å². The van der Waals surface area contributed by atoms with E-state index in [1.54, 1.807) is 0 Å². The second-order valence-corrected chi connectivity index (χ2v) is 6.74. The molecule has 0 saturated heterocycles. The highest BCUT2D eigenvalue weighted by atomic mass is 79.9. The highest BCUT2D eigenvalue weighted by Gasteiger charge is 2.25. The topological polar surface area (TPSA) is 17.1 Å². The minimum Gasteiger partial charge on any atom is -0.289 e. The zero-order chi connectivity index (χ0) is 13.0. The molecule has 0 radical (unpaired) electrons. The number of benzene rings is 1. The lowest BCUT2D eigenvalue weighted by Crippen LogP contribution is -2.20. The molecule has 1 aliphatic carbocycles. The quantitative estimate of drug-likeness (QED) is 0.556. The van der Waals surface area contributed by atoms with E-state index in [1.165, 1.54) is 0 Å². The first-order valence-corrected chi connectivity index (χ1v) is 7.80. The Bertz CT molecular complexity index is 490. The summed E-state index contributed by atoms with van der Waals surface area (Å²) in [6, 6.07) is 9.40. The smallest absolute Gasteiger partial charge is 0.192 e. The minimum atomic E-state index is -0.00301. The first-order chi connectivity index (χ1) is 8.64. The van der Waals surface area contributed by atoms with Crippen molar-refractivity contribution in [2.75, 3.05) is 5.33 Å². The summed E-state index contributed by atoms with van der Waals surface area (Å²) >= 11 is 7.17. The summed E-state index contributed by atoms with van der Waals surface area (Å²) in [5.41, 5.74) is 1.53. The lowest BCUT2D eigenvalue weighted by atomic mass is 9.91. The summed E-state index contributed by atoms with van der Waals surface area (Å²) in [5.74, 6) is 0.0974. The van der Waals surface area contributed by atoms with Gasteiger partial charge in [-0.05, 0) is 12.8 Å². The fourth-order valence-electron chi connectivity index (χ4n) is 1.92. The minimum absolute atomic E-state index is 0.00301. The number of ketones is 1. The van der Waals surface area contributed by atoms with Gasteiger partial charge in [-0.3, -0.25) is 4.79 Å². The van der Waals surface area contributed by atoms with Gasteiger partial charge in [-0.2, -0.15) is 0 Å². The van der Waals surface area contributed by atoms with Crippen LogP contribution in [0.5, 0.6) is 0 Å². The molecule has 2 rings (SSSR count). The van der Waals surface area contributed by atoms with Gasteiger partial charge in [0.25, 0.3) is 0 Å². The Labute approximate surface area is 124 Å². The second-order valence-electron chi connectivity index (χ2n) is 4.37. The molecule has 1 nitrogen and oxygen atoms in total. The fourth-order valence-corrected chi connectivity index (χ4v) is 3.65. The Balaban J connectivity index is 2.12. The first kappa shape index (κ1) is 13.8. The Morgan fingerprint density at radius 3 is 2.56 bits per heavy atom. The van der Waals surface area contributed by atoms with Gasteiger partial charge in [-0.25, -0.2) is 0 Å². The van der Waals surface area contributed by atoms with Gasteiger partial charge >= 0.3 is 0 Å². The number of allylic oxidation sites excluding steroid dienone is 4. The molecule has 0 spiro atoms. The maximum absolute atomic E-state index is 12.2. The first-order valence-electron chi connectivity index (χ1n) is 5.89. The van der Waals surface area contributed by atoms with E-state index < -0.39 is 0 Å². The van der Waals surface area contributed by atoms with Crippen molar-refractivity contribution >= 4 is 37.6 Å². The summed E-state index contributed by atoms with van der Waals surface area (Å²) in [6.07, 6.45) is 7.89. The van der Waals surface area contributed by atoms with Crippen molar-refractivity contribution in [2.24, 2.45) is 0 Å². The number of rotatable bonds is 4. The second kappa shape index (κ2) is 5.98. The molecule has 0 amide bonds. The van der Waals surface area contributed by atoms with Crippen molar-refractivity contribution in [2.45, 2.75) is 17.2 Å². The average Bonchev–Trinajstić information content (AvgIpc) is 2.40. The van der Waals surface area contributed by atoms with Gasteiger partial charge in [-0.1, -0.05) is 80.4 Å². The zero-order valence-electron chi connectivity index (χ0n) is 9.90. The molecule has 0 heterocycles. The fraction of sp³-hybridized carbons (Fsp3) is 0.267. The van der Waals surface area contributed by atoms with Crippen LogP contribution in [0.3, 0.4) is 0 Å². The number of alkyl halides is 2. The van der Waals surface area contributed by atoms with E-state index in [9.17, 15) is 4.79 Å². The predicted molar refractivity (Wildman–Crippen MR) is 82.7 cm³/mol. The van der Waals surface area contributed by atoms with Crippen molar-refractivity contribution in [3.63, 3.8) is 0 Å². The molecule has 94 valence electrons. The number of Topliss-reactive ketones (excluding diaryl/α,β-unsaturated/α-hetero) is 1. The Kier molecular flexibility index (Phi) is 4.57. The Morgan fingerprint density at radius 1 is 1.28 bits per heavy atom. The average molecular weight is 370 g/mol. The number of hydrogen-bond donors (Lipinski definition) is 0. The number of hydrogen-bond acceptors (Lipinski definition) is 1. The van der Waals surface area contributed by atoms with Crippen molar-refractivity contribution in [1.82, 2.24) is 0 Å². The normalized spacial score (nSPS) is 22.7. The molecule has 0 bridgehead atoms. The molecule has 0 N–H and O–H groups in total. The third-order valence-corrected chi connectivity index (χ3v) is 4.41. The van der Waals surface area contributed by atoms with Crippen LogP contribution >= 0.6 is 31.9 Å². The van der Waals surface area contributed by atoms with E-state index >= 15 is 0 Å². The van der Waals surface area contributed by atoms with E-state index in [4.69, 9.17) is 0 Å². The van der Waals surface area contributed by atoms with Gasteiger partial charge in [0.15, 0.2) is 5.78 Å². The molecule has 0 aliphatic heterocycles. The van der Waals surface area contributed by atoms with Crippen LogP contribution in [-0.4, -0.2) is 15.4 Å². The van der Waals surface area contributed by atoms with Crippen molar-refractivity contribution in [1.29, 1.82) is 0 Å². The monoisotopic (exact) mass is 368 g/mol. The van der Waals surface area contributed by atoms with Crippen LogP contribution in [0.4, 0.5) is 0 Å². The maximum atomic E-state index is 12.2. The Hall–Kier alpha value is -0.670. The van der Waals surface area contributed by atoms with E-state index in [1.807, 2.05) is 42.5 Å². The standard InChI is InChI=1S/C15H14Br2O/c16-11-10-15(17)8-6-13(7-9-15)14(18)12-4-2-1-3-5-12/h1-8H,9-11H2. The number of halogens is 2. The summed E-state index contributed by atoms with van der Waals surface area (Å²) in [4.78, 5) is 12.2. The van der Waals surface area contributed by atoms with Gasteiger partial charge in [0, 0.05) is 20.8 Å². The highest BCUT2D eigenvalue weighted by Crippen LogP contribution is 2.34. The van der Waals surface area contributed by atoms with Crippen molar-refractivity contribution in [3.05, 3.63) is 59.7 Å². The Morgan fingerprint density at radius 2 is 2.00 bits per heavy atom. The van der Waals surface area contributed by atoms with E-state index in [2.05, 4.69) is 37.9 Å². The van der Waals surface area contributed by atoms with E-state index in [0.717, 1.165) is 29.3 Å². The molecule has 3 heteroatoms. The lowest BCUT2D eigenvalue weighted by Gasteiger charge is -2.24. The summed E-state index contributed by atoms with van der Waals surface area (Å²) < 4.78 is -0.00301. The lowest BCUT2D eigenvalue weighted by molar-refractivity contribution is 0.103. The van der Waals surface area contributed by atoms with Gasteiger partial charge in [0.1, 0.15) is 0 Å². The molecule has 1 aromatic rings. The maximum Gasteiger partial charge on any atom is 0.192 e. The molecule has 1 atom stereocenters. The zero-order valence-corrected chi connectivity index (χ0v) is 13.1. The SMILES string of the molecule is O=C(C1=CCC(Br)(CCBr)C=C1)c1ccccc1. The molecule has 0 aromatic heterocycles. The van der Waals surface area contributed by atoms with Crippen LogP contribution in [0.1, 0.15) is 23.2 Å². The van der Waals surface area contributed by atoms with Crippen LogP contribution in [-0.2, 0) is 0 Å².